The molecule has 4 aliphatic rings. The first-order valence-corrected chi connectivity index (χ1v) is 17.2. The van der Waals surface area contributed by atoms with Gasteiger partial charge in [0.25, 0.3) is 0 Å². The molecule has 0 aromatic heterocycles. The number of rotatable bonds is 0. The molecule has 2 nitrogen and oxygen atoms in total. The lowest BCUT2D eigenvalue weighted by Gasteiger charge is -2.51. The second-order valence-corrected chi connectivity index (χ2v) is 16.9. The third-order valence-corrected chi connectivity index (χ3v) is 13.7. The van der Waals surface area contributed by atoms with Gasteiger partial charge in [0.15, 0.2) is 0 Å². The Bertz CT molecular complexity index is 1880. The van der Waals surface area contributed by atoms with Crippen LogP contribution in [0.3, 0.4) is 0 Å². The molecule has 5 heteroatoms. The zero-order chi connectivity index (χ0) is 25.3. The van der Waals surface area contributed by atoms with Crippen LogP contribution < -0.4 is 31.0 Å². The van der Waals surface area contributed by atoms with Crippen molar-refractivity contribution in [3.63, 3.8) is 0 Å². The van der Waals surface area contributed by atoms with Gasteiger partial charge in [0, 0.05) is 32.4 Å². The third-order valence-electron chi connectivity index (χ3n) is 9.03. The molecular formula is C33H25BN2SSi. The van der Waals surface area contributed by atoms with Gasteiger partial charge in [0.2, 0.25) is 0 Å². The third kappa shape index (κ3) is 2.43. The number of hydrogen-bond acceptors (Lipinski definition) is 3. The average molecular weight is 521 g/mol. The summed E-state index contributed by atoms with van der Waals surface area (Å²) in [7, 11) is -1.88. The van der Waals surface area contributed by atoms with Crippen LogP contribution in [0.5, 0.6) is 0 Å². The van der Waals surface area contributed by atoms with E-state index in [0.29, 0.717) is 0 Å². The Labute approximate surface area is 229 Å². The summed E-state index contributed by atoms with van der Waals surface area (Å²) in [6.45, 7) is 7.44. The van der Waals surface area contributed by atoms with Gasteiger partial charge in [-0.2, -0.15) is 0 Å². The van der Waals surface area contributed by atoms with Gasteiger partial charge in [-0.05, 0) is 69.7 Å². The molecule has 38 heavy (non-hydrogen) atoms. The van der Waals surface area contributed by atoms with Crippen molar-refractivity contribution in [3.05, 3.63) is 103 Å². The number of fused-ring (bicyclic) bond motifs is 8. The van der Waals surface area contributed by atoms with Crippen LogP contribution in [0, 0.1) is 6.92 Å². The molecule has 0 amide bonds. The minimum absolute atomic E-state index is 0.137. The highest BCUT2D eigenvalue weighted by Gasteiger charge is 2.51. The molecule has 9 rings (SSSR count). The molecule has 5 aromatic rings. The lowest BCUT2D eigenvalue weighted by Crippen LogP contribution is -2.68. The summed E-state index contributed by atoms with van der Waals surface area (Å²) in [6, 6.07) is 37.0. The first-order chi connectivity index (χ1) is 18.5. The normalized spacial score (nSPS) is 16.2. The fourth-order valence-electron chi connectivity index (χ4n) is 7.47. The molecule has 4 aliphatic heterocycles. The number of anilines is 5. The van der Waals surface area contributed by atoms with Crippen molar-refractivity contribution in [2.75, 3.05) is 9.71 Å². The summed E-state index contributed by atoms with van der Waals surface area (Å²) in [5.74, 6) is 0. The molecule has 0 aliphatic carbocycles. The molecule has 5 aromatic carbocycles. The summed E-state index contributed by atoms with van der Waals surface area (Å²) in [4.78, 5) is 7.93. The average Bonchev–Trinajstić information content (AvgIpc) is 2.93. The Morgan fingerprint density at radius 1 is 0.658 bits per heavy atom. The molecule has 0 saturated carbocycles. The fraction of sp³-hybridized carbons (Fsp3) is 0.0909. The number of benzene rings is 5. The Kier molecular flexibility index (Phi) is 3.95. The molecule has 0 fully saturated rings. The maximum absolute atomic E-state index is 2.71. The van der Waals surface area contributed by atoms with Gasteiger partial charge in [-0.15, -0.1) is 0 Å². The summed E-state index contributed by atoms with van der Waals surface area (Å²) >= 11 is 1.91. The van der Waals surface area contributed by atoms with Crippen molar-refractivity contribution in [1.82, 2.24) is 0 Å². The lowest BCUT2D eigenvalue weighted by atomic mass is 9.43. The van der Waals surface area contributed by atoms with Crippen LogP contribution in [0.4, 0.5) is 28.4 Å². The van der Waals surface area contributed by atoms with E-state index in [1.54, 1.807) is 5.19 Å². The Morgan fingerprint density at radius 3 is 2.29 bits per heavy atom. The van der Waals surface area contributed by atoms with E-state index in [2.05, 4.69) is 127 Å². The minimum atomic E-state index is -1.88. The van der Waals surface area contributed by atoms with Crippen molar-refractivity contribution >= 4 is 76.4 Å². The second-order valence-electron chi connectivity index (χ2n) is 11.5. The van der Waals surface area contributed by atoms with Crippen LogP contribution >= 0.6 is 11.8 Å². The molecule has 180 valence electrons. The van der Waals surface area contributed by atoms with E-state index >= 15 is 0 Å². The standard InChI is InChI=1S/C33H25BN2SSi/c1-20-18-22-21-10-8-17-30-32(21)36(25-13-5-7-16-29(25)38(30,2)3)34-23-11-9-15-28-33(23)35(26(19-20)31(22)34)24-12-4-6-14-27(24)37-28/h4-19H,1-3H3. The Morgan fingerprint density at radius 2 is 1.39 bits per heavy atom. The van der Waals surface area contributed by atoms with Crippen LogP contribution in [0.2, 0.25) is 13.1 Å². The molecule has 0 saturated heterocycles. The van der Waals surface area contributed by atoms with Crippen LogP contribution in [0.1, 0.15) is 5.56 Å². The lowest BCUT2D eigenvalue weighted by molar-refractivity contribution is 1.16. The molecule has 0 N–H and O–H groups in total. The van der Waals surface area contributed by atoms with E-state index in [4.69, 9.17) is 0 Å². The van der Waals surface area contributed by atoms with E-state index in [0.717, 1.165) is 0 Å². The van der Waals surface area contributed by atoms with Gasteiger partial charge in [0.05, 0.1) is 11.4 Å². The number of aryl methyl sites for hydroxylation is 1. The van der Waals surface area contributed by atoms with Crippen LogP contribution in [0.25, 0.3) is 11.1 Å². The van der Waals surface area contributed by atoms with Crippen molar-refractivity contribution in [3.8, 4) is 11.1 Å². The Hall–Kier alpha value is -3.67. The Balaban J connectivity index is 1.47. The minimum Gasteiger partial charge on any atom is -0.377 e. The van der Waals surface area contributed by atoms with Crippen LogP contribution in [-0.2, 0) is 0 Å². The summed E-state index contributed by atoms with van der Waals surface area (Å²) in [5.41, 5.74) is 13.7. The van der Waals surface area contributed by atoms with Crippen molar-refractivity contribution < 1.29 is 0 Å². The fourth-order valence-corrected chi connectivity index (χ4v) is 11.6. The quantitative estimate of drug-likeness (QED) is 0.217. The van der Waals surface area contributed by atoms with Gasteiger partial charge in [-0.1, -0.05) is 91.6 Å². The maximum atomic E-state index is 2.71. The smallest absolute Gasteiger partial charge is 0.333 e. The predicted octanol–water partition coefficient (Wildman–Crippen LogP) is 6.30. The van der Waals surface area contributed by atoms with Crippen molar-refractivity contribution in [2.24, 2.45) is 0 Å². The number of hydrogen-bond donors (Lipinski definition) is 0. The van der Waals surface area contributed by atoms with E-state index in [9.17, 15) is 0 Å². The molecule has 0 atom stereocenters. The van der Waals surface area contributed by atoms with Gasteiger partial charge < -0.3 is 9.71 Å². The first kappa shape index (κ1) is 21.3. The van der Waals surface area contributed by atoms with E-state index in [1.807, 2.05) is 11.8 Å². The van der Waals surface area contributed by atoms with Crippen molar-refractivity contribution in [1.29, 1.82) is 0 Å². The van der Waals surface area contributed by atoms with E-state index in [1.165, 1.54) is 71.0 Å². The molecule has 0 unspecified atom stereocenters. The number of para-hydroxylation sites is 4. The summed E-state index contributed by atoms with van der Waals surface area (Å²) < 4.78 is 0. The molecule has 0 radical (unpaired) electrons. The molecule has 4 heterocycles. The van der Waals surface area contributed by atoms with E-state index in [-0.39, 0.29) is 6.85 Å². The zero-order valence-electron chi connectivity index (χ0n) is 21.6. The topological polar surface area (TPSA) is 6.48 Å². The summed E-state index contributed by atoms with van der Waals surface area (Å²) in [5, 5.41) is 3.09. The highest BCUT2D eigenvalue weighted by atomic mass is 32.2. The summed E-state index contributed by atoms with van der Waals surface area (Å²) in [6.07, 6.45) is 0. The van der Waals surface area contributed by atoms with E-state index < -0.39 is 8.07 Å². The largest absolute Gasteiger partial charge is 0.377 e. The van der Waals surface area contributed by atoms with Gasteiger partial charge >= 0.3 is 6.85 Å². The zero-order valence-corrected chi connectivity index (χ0v) is 23.4. The monoisotopic (exact) mass is 520 g/mol. The van der Waals surface area contributed by atoms with Gasteiger partial charge in [-0.25, -0.2) is 0 Å². The highest BCUT2D eigenvalue weighted by Crippen LogP contribution is 2.54. The molecule has 0 bridgehead atoms. The SMILES string of the molecule is Cc1cc2c3c(c1)N1c4ccccc4Sc4cccc(c41)B3N1c3ccccc3[Si](C)(C)c3cccc-2c31. The van der Waals surface area contributed by atoms with Gasteiger partial charge in [-0.3, -0.25) is 0 Å². The van der Waals surface area contributed by atoms with Crippen LogP contribution in [0.15, 0.2) is 107 Å². The second kappa shape index (κ2) is 7.04. The molecular weight excluding hydrogens is 495 g/mol. The highest BCUT2D eigenvalue weighted by molar-refractivity contribution is 7.99. The molecule has 0 spiro atoms. The van der Waals surface area contributed by atoms with Crippen LogP contribution in [-0.4, -0.2) is 14.9 Å². The maximum Gasteiger partial charge on any atom is 0.333 e. The van der Waals surface area contributed by atoms with Gasteiger partial charge in [0.1, 0.15) is 8.07 Å². The first-order valence-electron chi connectivity index (χ1n) is 13.4. The predicted molar refractivity (Wildman–Crippen MR) is 166 cm³/mol. The van der Waals surface area contributed by atoms with Crippen molar-refractivity contribution in [2.45, 2.75) is 29.8 Å². The number of nitrogens with zero attached hydrogens (tertiary/aromatic N) is 2.